The first-order chi connectivity index (χ1) is 5.11. The van der Waals surface area contributed by atoms with Gasteiger partial charge in [-0.05, 0) is 31.0 Å². The van der Waals surface area contributed by atoms with Crippen molar-refractivity contribution in [1.29, 1.82) is 0 Å². The highest BCUT2D eigenvalue weighted by Crippen LogP contribution is 2.04. The van der Waals surface area contributed by atoms with E-state index in [9.17, 15) is 4.79 Å². The lowest BCUT2D eigenvalue weighted by Gasteiger charge is -1.99. The van der Waals surface area contributed by atoms with E-state index in [1.165, 1.54) is 0 Å². The molecule has 0 spiro atoms. The summed E-state index contributed by atoms with van der Waals surface area (Å²) in [5.74, 6) is -0.501. The molecule has 0 aliphatic rings. The lowest BCUT2D eigenvalue weighted by Crippen LogP contribution is -2.14. The van der Waals surface area contributed by atoms with Crippen LogP contribution in [0.2, 0.25) is 0 Å². The Labute approximate surface area is 65.2 Å². The maximum Gasteiger partial charge on any atom is 0.267 e. The Bertz CT molecular complexity index is 294. The molecule has 11 heavy (non-hydrogen) atoms. The van der Waals surface area contributed by atoms with Crippen molar-refractivity contribution in [3.63, 3.8) is 0 Å². The largest absolute Gasteiger partial charge is 0.364 e. The molecule has 57 valence electrons. The van der Waals surface area contributed by atoms with Crippen LogP contribution in [0.3, 0.4) is 0 Å². The number of amides is 1. The van der Waals surface area contributed by atoms with Gasteiger partial charge in [0.25, 0.3) is 5.91 Å². The SMILES string of the molecule is Cc1[c]c(C)c(C(N)=O)nc1. The molecule has 3 nitrogen and oxygen atoms in total. The quantitative estimate of drug-likeness (QED) is 0.635. The first kappa shape index (κ1) is 7.72. The van der Waals surface area contributed by atoms with Crippen molar-refractivity contribution in [3.8, 4) is 0 Å². The molecule has 0 unspecified atom stereocenters. The zero-order valence-corrected chi connectivity index (χ0v) is 6.51. The molecule has 1 aromatic heterocycles. The molecule has 0 bridgehead atoms. The molecule has 3 heteroatoms. The average Bonchev–Trinajstić information content (AvgIpc) is 1.85. The number of aromatic nitrogens is 1. The minimum atomic E-state index is -0.501. The molecule has 0 saturated heterocycles. The summed E-state index contributed by atoms with van der Waals surface area (Å²) in [6.45, 7) is 3.63. The number of primary amides is 1. The van der Waals surface area contributed by atoms with Crippen LogP contribution in [0, 0.1) is 19.9 Å². The van der Waals surface area contributed by atoms with Crippen LogP contribution in [0.15, 0.2) is 6.20 Å². The van der Waals surface area contributed by atoms with Gasteiger partial charge in [0.05, 0.1) is 0 Å². The molecule has 0 aliphatic carbocycles. The third kappa shape index (κ3) is 1.55. The molecule has 2 N–H and O–H groups in total. The van der Waals surface area contributed by atoms with Gasteiger partial charge in [0.2, 0.25) is 0 Å². The summed E-state index contributed by atoms with van der Waals surface area (Å²) in [4.78, 5) is 14.5. The predicted octanol–water partition coefficient (Wildman–Crippen LogP) is 0.598. The predicted molar refractivity (Wildman–Crippen MR) is 41.1 cm³/mol. The van der Waals surface area contributed by atoms with E-state index in [1.807, 2.05) is 6.92 Å². The number of hydrogen-bond donors (Lipinski definition) is 1. The topological polar surface area (TPSA) is 56.0 Å². The van der Waals surface area contributed by atoms with E-state index in [-0.39, 0.29) is 0 Å². The maximum atomic E-state index is 10.7. The maximum absolute atomic E-state index is 10.7. The van der Waals surface area contributed by atoms with Crippen molar-refractivity contribution >= 4 is 5.91 Å². The fraction of sp³-hybridized carbons (Fsp3) is 0.250. The van der Waals surface area contributed by atoms with E-state index in [2.05, 4.69) is 11.1 Å². The second-order valence-electron chi connectivity index (χ2n) is 2.40. The van der Waals surface area contributed by atoms with E-state index < -0.39 is 5.91 Å². The standard InChI is InChI=1S/C8H9N2O/c1-5-3-6(2)7(8(9)11)10-4-5/h4H,1-2H3,(H2,9,11). The zero-order chi connectivity index (χ0) is 8.43. The van der Waals surface area contributed by atoms with Gasteiger partial charge in [-0.25, -0.2) is 0 Å². The van der Waals surface area contributed by atoms with Gasteiger partial charge in [-0.3, -0.25) is 9.78 Å². The molecule has 1 radical (unpaired) electrons. The monoisotopic (exact) mass is 149 g/mol. The molecule has 0 atom stereocenters. The molecule has 1 rings (SSSR count). The van der Waals surface area contributed by atoms with Crippen molar-refractivity contribution in [2.24, 2.45) is 5.73 Å². The molecule has 1 heterocycles. The van der Waals surface area contributed by atoms with Crippen LogP contribution in [0.4, 0.5) is 0 Å². The van der Waals surface area contributed by atoms with Crippen LogP contribution in [-0.2, 0) is 0 Å². The number of carbonyl (C=O) groups excluding carboxylic acids is 1. The molecule has 0 saturated carbocycles. The highest BCUT2D eigenvalue weighted by Gasteiger charge is 2.05. The Morgan fingerprint density at radius 1 is 1.64 bits per heavy atom. The van der Waals surface area contributed by atoms with Crippen LogP contribution in [-0.4, -0.2) is 10.9 Å². The third-order valence-corrected chi connectivity index (χ3v) is 1.36. The van der Waals surface area contributed by atoms with Crippen molar-refractivity contribution < 1.29 is 4.79 Å². The zero-order valence-electron chi connectivity index (χ0n) is 6.51. The number of nitrogens with two attached hydrogens (primary N) is 1. The normalized spacial score (nSPS) is 9.64. The lowest BCUT2D eigenvalue weighted by atomic mass is 10.1. The molecule has 1 aromatic rings. The van der Waals surface area contributed by atoms with Crippen molar-refractivity contribution in [3.05, 3.63) is 29.1 Å². The van der Waals surface area contributed by atoms with E-state index in [1.54, 1.807) is 13.1 Å². The van der Waals surface area contributed by atoms with Gasteiger partial charge in [0.15, 0.2) is 0 Å². The van der Waals surface area contributed by atoms with Crippen LogP contribution in [0.1, 0.15) is 21.6 Å². The fourth-order valence-electron chi connectivity index (χ4n) is 0.894. The molecular weight excluding hydrogens is 140 g/mol. The molecule has 0 aromatic carbocycles. The molecule has 0 aliphatic heterocycles. The van der Waals surface area contributed by atoms with Gasteiger partial charge in [-0.15, -0.1) is 0 Å². The fourth-order valence-corrected chi connectivity index (χ4v) is 0.894. The third-order valence-electron chi connectivity index (χ3n) is 1.36. The second kappa shape index (κ2) is 2.70. The summed E-state index contributed by atoms with van der Waals surface area (Å²) in [7, 11) is 0. The minimum absolute atomic E-state index is 0.301. The molecular formula is C8H9N2O. The summed E-state index contributed by atoms with van der Waals surface area (Å²) < 4.78 is 0. The number of aryl methyl sites for hydroxylation is 2. The van der Waals surface area contributed by atoms with Gasteiger partial charge in [-0.2, -0.15) is 0 Å². The first-order valence-corrected chi connectivity index (χ1v) is 3.26. The van der Waals surface area contributed by atoms with Gasteiger partial charge >= 0.3 is 0 Å². The van der Waals surface area contributed by atoms with E-state index in [0.717, 1.165) is 5.56 Å². The lowest BCUT2D eigenvalue weighted by molar-refractivity contribution is 0.0995. The van der Waals surface area contributed by atoms with Gasteiger partial charge in [0, 0.05) is 6.20 Å². The van der Waals surface area contributed by atoms with Crippen molar-refractivity contribution in [1.82, 2.24) is 4.98 Å². The van der Waals surface area contributed by atoms with Crippen LogP contribution in [0.5, 0.6) is 0 Å². The van der Waals surface area contributed by atoms with E-state index in [4.69, 9.17) is 5.73 Å². The summed E-state index contributed by atoms with van der Waals surface area (Å²) in [6, 6.07) is 2.96. The Morgan fingerprint density at radius 2 is 2.27 bits per heavy atom. The number of nitrogens with zero attached hydrogens (tertiary/aromatic N) is 1. The van der Waals surface area contributed by atoms with E-state index >= 15 is 0 Å². The molecule has 0 fully saturated rings. The summed E-state index contributed by atoms with van der Waals surface area (Å²) in [6.07, 6.45) is 1.58. The Hall–Kier alpha value is -1.38. The smallest absolute Gasteiger partial charge is 0.267 e. The van der Waals surface area contributed by atoms with E-state index in [0.29, 0.717) is 11.3 Å². The number of hydrogen-bond acceptors (Lipinski definition) is 2. The number of rotatable bonds is 1. The van der Waals surface area contributed by atoms with Crippen molar-refractivity contribution in [2.45, 2.75) is 13.8 Å². The Morgan fingerprint density at radius 3 is 2.73 bits per heavy atom. The molecule has 1 amide bonds. The number of pyridine rings is 1. The second-order valence-corrected chi connectivity index (χ2v) is 2.40. The highest BCUT2D eigenvalue weighted by atomic mass is 16.1. The summed E-state index contributed by atoms with van der Waals surface area (Å²) in [5.41, 5.74) is 6.96. The Kier molecular flexibility index (Phi) is 1.89. The average molecular weight is 149 g/mol. The summed E-state index contributed by atoms with van der Waals surface area (Å²) in [5, 5.41) is 0. The summed E-state index contributed by atoms with van der Waals surface area (Å²) >= 11 is 0. The van der Waals surface area contributed by atoms with Gasteiger partial charge in [0.1, 0.15) is 5.69 Å². The van der Waals surface area contributed by atoms with Gasteiger partial charge in [-0.1, -0.05) is 0 Å². The first-order valence-electron chi connectivity index (χ1n) is 3.26. The Balaban J connectivity index is 3.20. The highest BCUT2D eigenvalue weighted by molar-refractivity contribution is 5.92. The van der Waals surface area contributed by atoms with Crippen molar-refractivity contribution in [2.75, 3.05) is 0 Å². The van der Waals surface area contributed by atoms with Crippen LogP contribution < -0.4 is 5.73 Å². The minimum Gasteiger partial charge on any atom is -0.364 e. The van der Waals surface area contributed by atoms with Gasteiger partial charge < -0.3 is 5.73 Å². The van der Waals surface area contributed by atoms with Crippen LogP contribution >= 0.6 is 0 Å². The number of carbonyl (C=O) groups is 1. The van der Waals surface area contributed by atoms with Crippen LogP contribution in [0.25, 0.3) is 0 Å².